The molecule has 0 aromatic carbocycles. The van der Waals surface area contributed by atoms with Crippen molar-refractivity contribution in [3.63, 3.8) is 0 Å². The van der Waals surface area contributed by atoms with Gasteiger partial charge in [-0.25, -0.2) is 0 Å². The maximum Gasteiger partial charge on any atom is 0.275 e. The van der Waals surface area contributed by atoms with Gasteiger partial charge in [0, 0.05) is 26.3 Å². The first-order chi connectivity index (χ1) is 7.99. The van der Waals surface area contributed by atoms with E-state index in [2.05, 4.69) is 5.10 Å². The number of amides is 2. The topological polar surface area (TPSA) is 101 Å². The summed E-state index contributed by atoms with van der Waals surface area (Å²) in [5.41, 5.74) is 5.34. The van der Waals surface area contributed by atoms with Gasteiger partial charge in [0.15, 0.2) is 5.69 Å². The lowest BCUT2D eigenvalue weighted by molar-refractivity contribution is 0.0753. The molecule has 0 saturated carbocycles. The monoisotopic (exact) mass is 238 g/mol. The van der Waals surface area contributed by atoms with Crippen LogP contribution in [0.1, 0.15) is 27.3 Å². The van der Waals surface area contributed by atoms with E-state index in [0.717, 1.165) is 0 Å². The maximum atomic E-state index is 12.1. The van der Waals surface area contributed by atoms with Crippen LogP contribution in [-0.2, 0) is 7.05 Å². The number of β-amino-alcohol motifs (C(OH)–C–C–N with tert-alkyl or cyclic N) is 1. The molecular formula is C10H14N4O3. The third-order valence-electron chi connectivity index (χ3n) is 2.75. The summed E-state index contributed by atoms with van der Waals surface area (Å²) in [5, 5.41) is 13.3. The zero-order chi connectivity index (χ0) is 12.6. The molecule has 2 heterocycles. The smallest absolute Gasteiger partial charge is 0.275 e. The summed E-state index contributed by atoms with van der Waals surface area (Å²) >= 11 is 0. The molecule has 1 aromatic rings. The predicted molar refractivity (Wildman–Crippen MR) is 58.3 cm³/mol. The molecule has 17 heavy (non-hydrogen) atoms. The van der Waals surface area contributed by atoms with Crippen LogP contribution in [0.4, 0.5) is 0 Å². The van der Waals surface area contributed by atoms with Crippen LogP contribution < -0.4 is 5.73 Å². The number of rotatable bonds is 2. The molecule has 0 bridgehead atoms. The van der Waals surface area contributed by atoms with Crippen molar-refractivity contribution in [3.8, 4) is 0 Å². The lowest BCUT2D eigenvalue weighted by Gasteiger charge is -2.14. The standard InChI is InChI=1S/C10H14N4O3/c1-13-5-7(9(11)16)8(12-13)10(17)14-3-2-6(15)4-14/h5-6,15H,2-4H2,1H3,(H2,11,16). The molecule has 0 radical (unpaired) electrons. The summed E-state index contributed by atoms with van der Waals surface area (Å²) < 4.78 is 1.37. The Bertz CT molecular complexity index is 468. The first kappa shape index (κ1) is 11.6. The van der Waals surface area contributed by atoms with E-state index >= 15 is 0 Å². The largest absolute Gasteiger partial charge is 0.391 e. The fourth-order valence-electron chi connectivity index (χ4n) is 1.90. The van der Waals surface area contributed by atoms with E-state index in [4.69, 9.17) is 5.73 Å². The van der Waals surface area contributed by atoms with Crippen LogP contribution in [0.15, 0.2) is 6.20 Å². The van der Waals surface area contributed by atoms with E-state index in [1.807, 2.05) is 0 Å². The van der Waals surface area contributed by atoms with Crippen molar-refractivity contribution < 1.29 is 14.7 Å². The van der Waals surface area contributed by atoms with Gasteiger partial charge in [0.1, 0.15) is 0 Å². The molecule has 92 valence electrons. The Balaban J connectivity index is 2.27. The van der Waals surface area contributed by atoms with Gasteiger partial charge in [0.05, 0.1) is 11.7 Å². The first-order valence-electron chi connectivity index (χ1n) is 5.30. The van der Waals surface area contributed by atoms with Crippen molar-refractivity contribution in [2.24, 2.45) is 12.8 Å². The number of hydrogen-bond donors (Lipinski definition) is 2. The minimum atomic E-state index is -0.679. The molecule has 1 aromatic heterocycles. The van der Waals surface area contributed by atoms with Crippen molar-refractivity contribution in [1.29, 1.82) is 0 Å². The van der Waals surface area contributed by atoms with Crippen LogP contribution in [0.2, 0.25) is 0 Å². The maximum absolute atomic E-state index is 12.1. The summed E-state index contributed by atoms with van der Waals surface area (Å²) in [5.74, 6) is -1.04. The average Bonchev–Trinajstić information content (AvgIpc) is 2.83. The highest BCUT2D eigenvalue weighted by Gasteiger charge is 2.29. The van der Waals surface area contributed by atoms with Crippen molar-refractivity contribution in [2.45, 2.75) is 12.5 Å². The number of nitrogens with zero attached hydrogens (tertiary/aromatic N) is 3. The number of aromatic nitrogens is 2. The normalized spacial score (nSPS) is 19.6. The lowest BCUT2D eigenvalue weighted by atomic mass is 10.2. The average molecular weight is 238 g/mol. The van der Waals surface area contributed by atoms with Crippen molar-refractivity contribution in [3.05, 3.63) is 17.5 Å². The van der Waals surface area contributed by atoms with Gasteiger partial charge in [-0.3, -0.25) is 14.3 Å². The summed E-state index contributed by atoms with van der Waals surface area (Å²) in [4.78, 5) is 24.7. The second-order valence-corrected chi connectivity index (χ2v) is 4.12. The molecule has 2 amide bonds. The molecule has 7 nitrogen and oxygen atoms in total. The highest BCUT2D eigenvalue weighted by Crippen LogP contribution is 2.15. The summed E-state index contributed by atoms with van der Waals surface area (Å²) in [7, 11) is 1.61. The van der Waals surface area contributed by atoms with Crippen molar-refractivity contribution >= 4 is 11.8 Å². The van der Waals surface area contributed by atoms with Crippen LogP contribution in [0.3, 0.4) is 0 Å². The van der Waals surface area contributed by atoms with Crippen LogP contribution in [0.5, 0.6) is 0 Å². The van der Waals surface area contributed by atoms with Gasteiger partial charge >= 0.3 is 0 Å². The summed E-state index contributed by atoms with van der Waals surface area (Å²) in [6.07, 6.45) is 1.46. The predicted octanol–water partition coefficient (Wildman–Crippen LogP) is -1.27. The van der Waals surface area contributed by atoms with E-state index in [1.54, 1.807) is 7.05 Å². The number of aryl methyl sites for hydroxylation is 1. The van der Waals surface area contributed by atoms with E-state index in [9.17, 15) is 14.7 Å². The molecule has 3 N–H and O–H groups in total. The van der Waals surface area contributed by atoms with Crippen LogP contribution in [0.25, 0.3) is 0 Å². The molecule has 1 fully saturated rings. The van der Waals surface area contributed by atoms with E-state index < -0.39 is 12.0 Å². The zero-order valence-corrected chi connectivity index (χ0v) is 9.46. The Hall–Kier alpha value is -1.89. The number of hydrogen-bond acceptors (Lipinski definition) is 4. The quantitative estimate of drug-likeness (QED) is 0.670. The highest BCUT2D eigenvalue weighted by molar-refractivity contribution is 6.05. The Morgan fingerprint density at radius 1 is 1.59 bits per heavy atom. The van der Waals surface area contributed by atoms with Gasteiger partial charge in [-0.2, -0.15) is 5.10 Å². The third kappa shape index (κ3) is 2.14. The molecule has 1 atom stereocenters. The van der Waals surface area contributed by atoms with E-state index in [-0.39, 0.29) is 23.7 Å². The molecule has 1 unspecified atom stereocenters. The fraction of sp³-hybridized carbons (Fsp3) is 0.500. The number of primary amides is 1. The fourth-order valence-corrected chi connectivity index (χ4v) is 1.90. The van der Waals surface area contributed by atoms with Gasteiger partial charge in [-0.05, 0) is 6.42 Å². The van der Waals surface area contributed by atoms with Gasteiger partial charge in [-0.1, -0.05) is 0 Å². The number of carbonyl (C=O) groups is 2. The van der Waals surface area contributed by atoms with E-state index in [1.165, 1.54) is 15.8 Å². The van der Waals surface area contributed by atoms with Crippen molar-refractivity contribution in [2.75, 3.05) is 13.1 Å². The molecule has 1 saturated heterocycles. The Kier molecular flexibility index (Phi) is 2.84. The SMILES string of the molecule is Cn1cc(C(N)=O)c(C(=O)N2CCC(O)C2)n1. The Morgan fingerprint density at radius 2 is 2.29 bits per heavy atom. The minimum absolute atomic E-state index is 0.0501. The number of aliphatic hydroxyl groups excluding tert-OH is 1. The molecule has 2 rings (SSSR count). The van der Waals surface area contributed by atoms with E-state index in [0.29, 0.717) is 13.0 Å². The third-order valence-corrected chi connectivity index (χ3v) is 2.75. The summed E-state index contributed by atoms with van der Waals surface area (Å²) in [6, 6.07) is 0. The molecule has 0 spiro atoms. The number of likely N-dealkylation sites (tertiary alicyclic amines) is 1. The lowest BCUT2D eigenvalue weighted by Crippen LogP contribution is -2.31. The summed E-state index contributed by atoms with van der Waals surface area (Å²) in [6.45, 7) is 0.738. The minimum Gasteiger partial charge on any atom is -0.391 e. The molecular weight excluding hydrogens is 224 g/mol. The van der Waals surface area contributed by atoms with Gasteiger partial charge in [-0.15, -0.1) is 0 Å². The number of aliphatic hydroxyl groups is 1. The number of carbonyl (C=O) groups excluding carboxylic acids is 2. The van der Waals surface area contributed by atoms with Crippen LogP contribution in [-0.4, -0.2) is 50.8 Å². The molecule has 7 heteroatoms. The van der Waals surface area contributed by atoms with Gasteiger partial charge in [0.2, 0.25) is 0 Å². The Morgan fingerprint density at radius 3 is 2.82 bits per heavy atom. The molecule has 0 aliphatic carbocycles. The molecule has 1 aliphatic rings. The van der Waals surface area contributed by atoms with Crippen LogP contribution >= 0.6 is 0 Å². The second-order valence-electron chi connectivity index (χ2n) is 4.12. The van der Waals surface area contributed by atoms with Crippen molar-refractivity contribution in [1.82, 2.24) is 14.7 Å². The van der Waals surface area contributed by atoms with Gasteiger partial charge in [0.25, 0.3) is 11.8 Å². The van der Waals surface area contributed by atoms with Gasteiger partial charge < -0.3 is 15.7 Å². The second kappa shape index (κ2) is 4.17. The number of nitrogens with two attached hydrogens (primary N) is 1. The zero-order valence-electron chi connectivity index (χ0n) is 9.46. The molecule has 1 aliphatic heterocycles. The highest BCUT2D eigenvalue weighted by atomic mass is 16.3. The Labute approximate surface area is 97.8 Å². The first-order valence-corrected chi connectivity index (χ1v) is 5.30. The van der Waals surface area contributed by atoms with Crippen LogP contribution in [0, 0.1) is 0 Å².